The maximum Gasteiger partial charge on any atom is 0.211 e. The van der Waals surface area contributed by atoms with Crippen molar-refractivity contribution >= 4 is 29.5 Å². The van der Waals surface area contributed by atoms with Crippen LogP contribution in [0.4, 0.5) is 0 Å². The summed E-state index contributed by atoms with van der Waals surface area (Å²) in [4.78, 5) is 5.02. The predicted octanol–water partition coefficient (Wildman–Crippen LogP) is 1.34. The van der Waals surface area contributed by atoms with E-state index in [1.807, 2.05) is 19.1 Å². The second kappa shape index (κ2) is 7.29. The Morgan fingerprint density at radius 3 is 2.61 bits per heavy atom. The molecule has 96 valence electrons. The molecule has 1 rings (SSSR count). The monoisotopic (exact) mass is 267 g/mol. The summed E-state index contributed by atoms with van der Waals surface area (Å²) in [6.45, 7) is 2.01. The first kappa shape index (κ1) is 14.0. The van der Waals surface area contributed by atoms with E-state index in [9.17, 15) is 0 Å². The summed E-state index contributed by atoms with van der Waals surface area (Å²) in [6.07, 6.45) is 1.40. The molecule has 0 radical (unpaired) electrons. The topological polar surface area (TPSA) is 98.3 Å². The molecule has 0 spiro atoms. The quantitative estimate of drug-likeness (QED) is 0.364. The Morgan fingerprint density at radius 1 is 1.33 bits per heavy atom. The van der Waals surface area contributed by atoms with Crippen molar-refractivity contribution in [3.05, 3.63) is 34.9 Å². The van der Waals surface area contributed by atoms with E-state index >= 15 is 0 Å². The molecule has 0 saturated heterocycles. The normalized spacial score (nSPS) is 11.6. The van der Waals surface area contributed by atoms with Gasteiger partial charge in [-0.05, 0) is 24.6 Å². The maximum absolute atomic E-state index is 5.78. The zero-order valence-corrected chi connectivity index (χ0v) is 10.6. The zero-order chi connectivity index (χ0) is 13.4. The third-order valence-electron chi connectivity index (χ3n) is 1.87. The molecule has 7 heteroatoms. The molecule has 1 aromatic rings. The van der Waals surface area contributed by atoms with Gasteiger partial charge in [-0.1, -0.05) is 28.9 Å². The van der Waals surface area contributed by atoms with Crippen LogP contribution >= 0.6 is 11.6 Å². The van der Waals surface area contributed by atoms with Crippen LogP contribution in [0.25, 0.3) is 0 Å². The first-order valence-corrected chi connectivity index (χ1v) is 5.50. The fourth-order valence-electron chi connectivity index (χ4n) is 1.05. The van der Waals surface area contributed by atoms with Crippen LogP contribution in [0.3, 0.4) is 0 Å². The van der Waals surface area contributed by atoms with Crippen LogP contribution in [0.2, 0.25) is 5.02 Å². The lowest BCUT2D eigenvalue weighted by Crippen LogP contribution is -2.21. The average molecular weight is 268 g/mol. The molecule has 0 unspecified atom stereocenters. The molecular formula is C11H14ClN5O. The number of benzene rings is 1. The van der Waals surface area contributed by atoms with Crippen molar-refractivity contribution in [1.29, 1.82) is 0 Å². The summed E-state index contributed by atoms with van der Waals surface area (Å²) in [6, 6.07) is 7.29. The Bertz CT molecular complexity index is 463. The van der Waals surface area contributed by atoms with Crippen LogP contribution in [-0.4, -0.2) is 24.5 Å². The summed E-state index contributed by atoms with van der Waals surface area (Å²) < 4.78 is 0. The second-order valence-corrected chi connectivity index (χ2v) is 3.74. The Kier molecular flexibility index (Phi) is 5.66. The minimum Gasteiger partial charge on any atom is -0.390 e. The van der Waals surface area contributed by atoms with Gasteiger partial charge in [-0.25, -0.2) is 0 Å². The highest BCUT2D eigenvalue weighted by atomic mass is 35.5. The predicted molar refractivity (Wildman–Crippen MR) is 73.9 cm³/mol. The van der Waals surface area contributed by atoms with Gasteiger partial charge < -0.3 is 16.3 Å². The molecule has 4 N–H and O–H groups in total. The summed E-state index contributed by atoms with van der Waals surface area (Å²) >= 11 is 5.78. The second-order valence-electron chi connectivity index (χ2n) is 3.30. The van der Waals surface area contributed by atoms with Crippen molar-refractivity contribution in [2.45, 2.75) is 6.92 Å². The standard InChI is InChI=1S/C11H14ClN5O/c1-8(9-2-4-10(12)5-3-9)17-18-7-6-15-16-11(13)14/h2-6H,7H2,1H3,(H4,13,14,16)/b15-6+,17-8+. The maximum atomic E-state index is 5.78. The van der Waals surface area contributed by atoms with Gasteiger partial charge in [-0.3, -0.25) is 0 Å². The van der Waals surface area contributed by atoms with Crippen molar-refractivity contribution in [1.82, 2.24) is 0 Å². The number of hydrogen-bond acceptors (Lipinski definition) is 4. The van der Waals surface area contributed by atoms with E-state index in [4.69, 9.17) is 27.9 Å². The third-order valence-corrected chi connectivity index (χ3v) is 2.12. The van der Waals surface area contributed by atoms with Crippen molar-refractivity contribution in [2.75, 3.05) is 6.61 Å². The number of guanidine groups is 1. The molecule has 0 aliphatic rings. The molecule has 0 bridgehead atoms. The van der Waals surface area contributed by atoms with Gasteiger partial charge in [0.15, 0.2) is 6.61 Å². The molecule has 6 nitrogen and oxygen atoms in total. The van der Waals surface area contributed by atoms with E-state index in [2.05, 4.69) is 15.4 Å². The van der Waals surface area contributed by atoms with E-state index in [1.165, 1.54) is 6.21 Å². The highest BCUT2D eigenvalue weighted by Crippen LogP contribution is 2.10. The molecule has 0 saturated carbocycles. The van der Waals surface area contributed by atoms with E-state index in [1.54, 1.807) is 12.1 Å². The van der Waals surface area contributed by atoms with Crippen molar-refractivity contribution in [3.63, 3.8) is 0 Å². The van der Waals surface area contributed by atoms with Crippen LogP contribution in [0.5, 0.6) is 0 Å². The average Bonchev–Trinajstić information content (AvgIpc) is 2.34. The molecule has 18 heavy (non-hydrogen) atoms. The number of rotatable bonds is 5. The van der Waals surface area contributed by atoms with Gasteiger partial charge in [0, 0.05) is 5.02 Å². The Balaban J connectivity index is 2.45. The van der Waals surface area contributed by atoms with E-state index in [0.717, 1.165) is 11.3 Å². The van der Waals surface area contributed by atoms with Crippen molar-refractivity contribution in [3.8, 4) is 0 Å². The Hall–Kier alpha value is -2.08. The zero-order valence-electron chi connectivity index (χ0n) is 9.88. The number of oxime groups is 1. The smallest absolute Gasteiger partial charge is 0.211 e. The Labute approximate surface area is 110 Å². The van der Waals surface area contributed by atoms with Crippen molar-refractivity contribution in [2.24, 2.45) is 26.8 Å². The van der Waals surface area contributed by atoms with E-state index in [-0.39, 0.29) is 12.6 Å². The first-order valence-electron chi connectivity index (χ1n) is 5.12. The van der Waals surface area contributed by atoms with Crippen LogP contribution in [0.15, 0.2) is 39.6 Å². The number of halogens is 1. The summed E-state index contributed by atoms with van der Waals surface area (Å²) in [5, 5.41) is 11.6. The van der Waals surface area contributed by atoms with Crippen LogP contribution in [-0.2, 0) is 4.84 Å². The van der Waals surface area contributed by atoms with E-state index in [0.29, 0.717) is 5.02 Å². The third kappa shape index (κ3) is 5.31. The van der Waals surface area contributed by atoms with Gasteiger partial charge in [0.1, 0.15) is 0 Å². The molecule has 0 aliphatic heterocycles. The minimum absolute atomic E-state index is 0.105. The number of nitrogens with two attached hydrogens (primary N) is 2. The highest BCUT2D eigenvalue weighted by molar-refractivity contribution is 6.30. The lowest BCUT2D eigenvalue weighted by molar-refractivity contribution is 0.187. The van der Waals surface area contributed by atoms with E-state index < -0.39 is 0 Å². The molecule has 0 fully saturated rings. The largest absolute Gasteiger partial charge is 0.390 e. The lowest BCUT2D eigenvalue weighted by Gasteiger charge is -2.00. The molecule has 0 atom stereocenters. The summed E-state index contributed by atoms with van der Waals surface area (Å²) in [5.41, 5.74) is 11.8. The lowest BCUT2D eigenvalue weighted by atomic mass is 10.1. The van der Waals surface area contributed by atoms with Crippen LogP contribution in [0, 0.1) is 0 Å². The minimum atomic E-state index is -0.105. The van der Waals surface area contributed by atoms with Crippen molar-refractivity contribution < 1.29 is 4.84 Å². The molecule has 0 aliphatic carbocycles. The van der Waals surface area contributed by atoms with Gasteiger partial charge >= 0.3 is 0 Å². The molecule has 0 heterocycles. The SMILES string of the molecule is C/C(=N\OC/C=N/N=C(N)N)c1ccc(Cl)cc1. The fourth-order valence-corrected chi connectivity index (χ4v) is 1.18. The van der Waals surface area contributed by atoms with Gasteiger partial charge in [-0.15, -0.1) is 5.10 Å². The number of hydrogen-bond donors (Lipinski definition) is 2. The number of nitrogens with zero attached hydrogens (tertiary/aromatic N) is 3. The molecule has 1 aromatic carbocycles. The fraction of sp³-hybridized carbons (Fsp3) is 0.182. The van der Waals surface area contributed by atoms with Crippen LogP contribution in [0.1, 0.15) is 12.5 Å². The molecule has 0 aromatic heterocycles. The molecular weight excluding hydrogens is 254 g/mol. The van der Waals surface area contributed by atoms with Crippen LogP contribution < -0.4 is 11.5 Å². The van der Waals surface area contributed by atoms with Gasteiger partial charge in [0.05, 0.1) is 11.9 Å². The summed E-state index contributed by atoms with van der Waals surface area (Å²) in [7, 11) is 0. The molecule has 0 amide bonds. The van der Waals surface area contributed by atoms with Gasteiger partial charge in [0.2, 0.25) is 5.96 Å². The Morgan fingerprint density at radius 2 is 2.00 bits per heavy atom. The van der Waals surface area contributed by atoms with Gasteiger partial charge in [-0.2, -0.15) is 5.10 Å². The highest BCUT2D eigenvalue weighted by Gasteiger charge is 1.97. The first-order chi connectivity index (χ1) is 8.59. The summed E-state index contributed by atoms with van der Waals surface area (Å²) in [5.74, 6) is -0.105. The van der Waals surface area contributed by atoms with Gasteiger partial charge in [0.25, 0.3) is 0 Å².